The first-order valence-electron chi connectivity index (χ1n) is 7.03. The second-order valence-corrected chi connectivity index (χ2v) is 5.35. The van der Waals surface area contributed by atoms with Crippen molar-refractivity contribution in [1.82, 2.24) is 0 Å². The van der Waals surface area contributed by atoms with Crippen molar-refractivity contribution in [2.45, 2.75) is 26.0 Å². The van der Waals surface area contributed by atoms with Gasteiger partial charge in [0.25, 0.3) is 0 Å². The highest BCUT2D eigenvalue weighted by molar-refractivity contribution is 5.91. The minimum Gasteiger partial charge on any atom is -0.444 e. The monoisotopic (exact) mass is 282 g/mol. The molecule has 108 valence electrons. The molecule has 1 heterocycles. The predicted octanol–water partition coefficient (Wildman–Crippen LogP) is 3.36. The van der Waals surface area contributed by atoms with Crippen LogP contribution < -0.4 is 10.6 Å². The van der Waals surface area contributed by atoms with Crippen molar-refractivity contribution in [1.29, 1.82) is 0 Å². The number of benzene rings is 2. The Bertz CT molecular complexity index is 655. The van der Waals surface area contributed by atoms with E-state index in [-0.39, 0.29) is 18.7 Å². The van der Waals surface area contributed by atoms with Gasteiger partial charge in [0.1, 0.15) is 6.61 Å². The maximum Gasteiger partial charge on any atom is 0.414 e. The number of rotatable bonds is 2. The number of fused-ring (bicyclic) bond motifs is 1. The van der Waals surface area contributed by atoms with E-state index in [9.17, 15) is 4.79 Å². The van der Waals surface area contributed by atoms with Crippen molar-refractivity contribution in [3.05, 3.63) is 59.7 Å². The lowest BCUT2D eigenvalue weighted by Crippen LogP contribution is -2.36. The van der Waals surface area contributed by atoms with E-state index >= 15 is 0 Å². The van der Waals surface area contributed by atoms with Gasteiger partial charge in [-0.25, -0.2) is 4.79 Å². The molecule has 0 saturated carbocycles. The molecule has 3 rings (SSSR count). The van der Waals surface area contributed by atoms with E-state index < -0.39 is 0 Å². The summed E-state index contributed by atoms with van der Waals surface area (Å²) in [7, 11) is 0. The van der Waals surface area contributed by atoms with Crippen molar-refractivity contribution >= 4 is 17.5 Å². The zero-order valence-electron chi connectivity index (χ0n) is 12.0. The van der Waals surface area contributed by atoms with Crippen molar-refractivity contribution in [3.63, 3.8) is 0 Å². The molecule has 0 unspecified atom stereocenters. The normalized spacial score (nSPS) is 16.6. The molecule has 0 fully saturated rings. The molecule has 0 radical (unpaired) electrons. The highest BCUT2D eigenvalue weighted by atomic mass is 16.6. The molecule has 0 aliphatic carbocycles. The Hall–Kier alpha value is -2.49. The van der Waals surface area contributed by atoms with Crippen LogP contribution in [0, 0.1) is 0 Å². The summed E-state index contributed by atoms with van der Waals surface area (Å²) in [4.78, 5) is 14.1. The SMILES string of the molecule is C[C@@H]1Cc2cc(N)ccc2N1C(=O)OCc1ccccc1. The first-order valence-corrected chi connectivity index (χ1v) is 7.03. The highest BCUT2D eigenvalue weighted by Gasteiger charge is 2.32. The van der Waals surface area contributed by atoms with Gasteiger partial charge in [0.2, 0.25) is 0 Å². The molecule has 2 N–H and O–H groups in total. The van der Waals surface area contributed by atoms with Crippen LogP contribution in [0.2, 0.25) is 0 Å². The molecule has 0 bridgehead atoms. The number of carbonyl (C=O) groups is 1. The minimum absolute atomic E-state index is 0.0880. The maximum absolute atomic E-state index is 12.3. The number of nitrogen functional groups attached to an aromatic ring is 1. The summed E-state index contributed by atoms with van der Waals surface area (Å²) < 4.78 is 5.43. The van der Waals surface area contributed by atoms with Gasteiger partial charge in [0.15, 0.2) is 0 Å². The Morgan fingerprint density at radius 3 is 2.81 bits per heavy atom. The van der Waals surface area contributed by atoms with Crippen molar-refractivity contribution in [2.75, 3.05) is 10.6 Å². The Kier molecular flexibility index (Phi) is 3.52. The van der Waals surface area contributed by atoms with Gasteiger partial charge in [-0.2, -0.15) is 0 Å². The van der Waals surface area contributed by atoms with Crippen LogP contribution in [-0.4, -0.2) is 12.1 Å². The van der Waals surface area contributed by atoms with Gasteiger partial charge in [0.05, 0.1) is 5.69 Å². The number of amides is 1. The molecule has 1 aliphatic rings. The highest BCUT2D eigenvalue weighted by Crippen LogP contribution is 2.34. The Balaban J connectivity index is 1.73. The van der Waals surface area contributed by atoms with Gasteiger partial charge in [-0.05, 0) is 42.7 Å². The van der Waals surface area contributed by atoms with E-state index in [4.69, 9.17) is 10.5 Å². The fraction of sp³-hybridized carbons (Fsp3) is 0.235. The summed E-state index contributed by atoms with van der Waals surface area (Å²) >= 11 is 0. The summed E-state index contributed by atoms with van der Waals surface area (Å²) in [6.07, 6.45) is 0.496. The van der Waals surface area contributed by atoms with Gasteiger partial charge in [-0.1, -0.05) is 30.3 Å². The molecule has 21 heavy (non-hydrogen) atoms. The van der Waals surface area contributed by atoms with Crippen molar-refractivity contribution in [3.8, 4) is 0 Å². The van der Waals surface area contributed by atoms with Gasteiger partial charge in [-0.3, -0.25) is 4.90 Å². The number of carbonyl (C=O) groups excluding carboxylic acids is 1. The second kappa shape index (κ2) is 5.48. The Morgan fingerprint density at radius 2 is 2.05 bits per heavy atom. The van der Waals surface area contributed by atoms with Gasteiger partial charge in [0, 0.05) is 11.7 Å². The third kappa shape index (κ3) is 2.70. The molecule has 4 nitrogen and oxygen atoms in total. The quantitative estimate of drug-likeness (QED) is 0.859. The average Bonchev–Trinajstić information content (AvgIpc) is 2.81. The van der Waals surface area contributed by atoms with E-state index in [1.54, 1.807) is 4.90 Å². The lowest BCUT2D eigenvalue weighted by Gasteiger charge is -2.22. The second-order valence-electron chi connectivity index (χ2n) is 5.35. The molecule has 0 saturated heterocycles. The zero-order chi connectivity index (χ0) is 14.8. The molecular formula is C17H18N2O2. The van der Waals surface area contributed by atoms with Crippen LogP contribution in [0.1, 0.15) is 18.1 Å². The molecule has 2 aromatic rings. The van der Waals surface area contributed by atoms with E-state index in [0.29, 0.717) is 0 Å². The van der Waals surface area contributed by atoms with Crippen molar-refractivity contribution < 1.29 is 9.53 Å². The first-order chi connectivity index (χ1) is 10.1. The fourth-order valence-electron chi connectivity index (χ4n) is 2.72. The average molecular weight is 282 g/mol. The summed E-state index contributed by atoms with van der Waals surface area (Å²) in [6.45, 7) is 2.30. The Morgan fingerprint density at radius 1 is 1.29 bits per heavy atom. The predicted molar refractivity (Wildman–Crippen MR) is 83.1 cm³/mol. The van der Waals surface area contributed by atoms with E-state index in [1.807, 2.05) is 55.5 Å². The van der Waals surface area contributed by atoms with Crippen molar-refractivity contribution in [2.24, 2.45) is 0 Å². The third-order valence-corrected chi connectivity index (χ3v) is 3.72. The lowest BCUT2D eigenvalue weighted by molar-refractivity contribution is 0.145. The molecule has 1 aliphatic heterocycles. The van der Waals surface area contributed by atoms with E-state index in [0.717, 1.165) is 28.9 Å². The topological polar surface area (TPSA) is 55.6 Å². The number of hydrogen-bond acceptors (Lipinski definition) is 3. The zero-order valence-corrected chi connectivity index (χ0v) is 12.0. The minimum atomic E-state index is -0.310. The van der Waals surface area contributed by atoms with Crippen LogP contribution in [0.4, 0.5) is 16.2 Å². The number of ether oxygens (including phenoxy) is 1. The van der Waals surface area contributed by atoms with Crippen LogP contribution in [0.15, 0.2) is 48.5 Å². The largest absolute Gasteiger partial charge is 0.444 e. The number of nitrogens with two attached hydrogens (primary N) is 1. The molecule has 0 spiro atoms. The van der Waals surface area contributed by atoms with Gasteiger partial charge < -0.3 is 10.5 Å². The van der Waals surface area contributed by atoms with Crippen LogP contribution in [0.25, 0.3) is 0 Å². The molecular weight excluding hydrogens is 264 g/mol. The number of anilines is 2. The van der Waals surface area contributed by atoms with Gasteiger partial charge in [-0.15, -0.1) is 0 Å². The van der Waals surface area contributed by atoms with Crippen LogP contribution >= 0.6 is 0 Å². The molecule has 2 aromatic carbocycles. The number of hydrogen-bond donors (Lipinski definition) is 1. The smallest absolute Gasteiger partial charge is 0.414 e. The maximum atomic E-state index is 12.3. The van der Waals surface area contributed by atoms with Gasteiger partial charge >= 0.3 is 6.09 Å². The summed E-state index contributed by atoms with van der Waals surface area (Å²) in [6, 6.07) is 15.4. The Labute approximate surface area is 124 Å². The summed E-state index contributed by atoms with van der Waals surface area (Å²) in [5.74, 6) is 0. The lowest BCUT2D eigenvalue weighted by atomic mass is 10.1. The van der Waals surface area contributed by atoms with Crippen LogP contribution in [0.3, 0.4) is 0 Å². The van der Waals surface area contributed by atoms with E-state index in [1.165, 1.54) is 0 Å². The molecule has 0 aromatic heterocycles. The summed E-state index contributed by atoms with van der Waals surface area (Å²) in [5.41, 5.74) is 9.50. The van der Waals surface area contributed by atoms with Crippen LogP contribution in [0.5, 0.6) is 0 Å². The molecule has 4 heteroatoms. The standard InChI is InChI=1S/C17H18N2O2/c1-12-9-14-10-15(18)7-8-16(14)19(12)17(20)21-11-13-5-3-2-4-6-13/h2-8,10,12H,9,11,18H2,1H3/t12-/m1/s1. The first kappa shape index (κ1) is 13.5. The third-order valence-electron chi connectivity index (χ3n) is 3.72. The summed E-state index contributed by atoms with van der Waals surface area (Å²) in [5, 5.41) is 0. The molecule has 1 amide bonds. The van der Waals surface area contributed by atoms with E-state index in [2.05, 4.69) is 0 Å². The van der Waals surface area contributed by atoms with Crippen LogP contribution in [-0.2, 0) is 17.8 Å². The number of nitrogens with zero attached hydrogens (tertiary/aromatic N) is 1. The fourth-order valence-corrected chi connectivity index (χ4v) is 2.72. The molecule has 1 atom stereocenters.